The van der Waals surface area contributed by atoms with Crippen molar-refractivity contribution in [3.8, 4) is 0 Å². The molecule has 1 saturated heterocycles. The van der Waals surface area contributed by atoms with E-state index in [0.717, 1.165) is 25.1 Å². The number of amides is 2. The third-order valence-corrected chi connectivity index (χ3v) is 6.55. The van der Waals surface area contributed by atoms with E-state index in [2.05, 4.69) is 10.0 Å². The molecule has 2 amide bonds. The van der Waals surface area contributed by atoms with Crippen LogP contribution in [0.25, 0.3) is 0 Å². The summed E-state index contributed by atoms with van der Waals surface area (Å²) in [4.78, 5) is 26.2. The zero-order chi connectivity index (χ0) is 21.0. The standard InChI is InChI=1S/C21H25N3O4S/c1-15(2)29(27,28)23-18-8-6-16(7-9-18)21(26)22-17-10-12-19(13-11-17)24-14-4-3-5-20(24)25/h6-13,15,23H,3-5,14H2,1-2H3,(H,22,26). The first-order valence-electron chi connectivity index (χ1n) is 9.60. The lowest BCUT2D eigenvalue weighted by Gasteiger charge is -2.26. The molecule has 0 unspecified atom stereocenters. The van der Waals surface area contributed by atoms with Crippen LogP contribution in [0.15, 0.2) is 48.5 Å². The quantitative estimate of drug-likeness (QED) is 0.753. The Bertz CT molecular complexity index is 984. The first kappa shape index (κ1) is 20.9. The van der Waals surface area contributed by atoms with E-state index in [9.17, 15) is 18.0 Å². The summed E-state index contributed by atoms with van der Waals surface area (Å²) in [7, 11) is -3.43. The smallest absolute Gasteiger partial charge is 0.255 e. The summed E-state index contributed by atoms with van der Waals surface area (Å²) in [6.45, 7) is 3.91. The van der Waals surface area contributed by atoms with Crippen molar-refractivity contribution in [1.82, 2.24) is 0 Å². The van der Waals surface area contributed by atoms with E-state index in [-0.39, 0.29) is 11.8 Å². The Morgan fingerprint density at radius 2 is 1.59 bits per heavy atom. The van der Waals surface area contributed by atoms with Gasteiger partial charge in [-0.15, -0.1) is 0 Å². The Kier molecular flexibility index (Phi) is 6.22. The molecule has 3 rings (SSSR count). The van der Waals surface area contributed by atoms with E-state index in [1.807, 2.05) is 12.1 Å². The monoisotopic (exact) mass is 415 g/mol. The molecule has 1 fully saturated rings. The number of hydrogen-bond acceptors (Lipinski definition) is 4. The van der Waals surface area contributed by atoms with Crippen LogP contribution in [-0.2, 0) is 14.8 Å². The van der Waals surface area contributed by atoms with Crippen LogP contribution >= 0.6 is 0 Å². The number of nitrogens with zero attached hydrogens (tertiary/aromatic N) is 1. The normalized spacial score (nSPS) is 14.7. The Hall–Kier alpha value is -2.87. The molecule has 0 bridgehead atoms. The molecule has 0 saturated carbocycles. The highest BCUT2D eigenvalue weighted by Gasteiger charge is 2.19. The largest absolute Gasteiger partial charge is 0.322 e. The lowest BCUT2D eigenvalue weighted by atomic mass is 10.1. The number of rotatable bonds is 6. The molecule has 154 valence electrons. The van der Waals surface area contributed by atoms with Gasteiger partial charge in [-0.25, -0.2) is 8.42 Å². The van der Waals surface area contributed by atoms with Crippen LogP contribution in [0.2, 0.25) is 0 Å². The second-order valence-corrected chi connectivity index (χ2v) is 9.51. The number of piperidine rings is 1. The maximum Gasteiger partial charge on any atom is 0.255 e. The second-order valence-electron chi connectivity index (χ2n) is 7.28. The van der Waals surface area contributed by atoms with E-state index >= 15 is 0 Å². The molecule has 7 nitrogen and oxygen atoms in total. The van der Waals surface area contributed by atoms with Crippen LogP contribution in [0.3, 0.4) is 0 Å². The highest BCUT2D eigenvalue weighted by atomic mass is 32.2. The number of carbonyl (C=O) groups is 2. The minimum Gasteiger partial charge on any atom is -0.322 e. The predicted molar refractivity (Wildman–Crippen MR) is 115 cm³/mol. The molecular formula is C21H25N3O4S. The van der Waals surface area contributed by atoms with Gasteiger partial charge in [0.05, 0.1) is 5.25 Å². The number of sulfonamides is 1. The third-order valence-electron chi connectivity index (χ3n) is 4.79. The minimum absolute atomic E-state index is 0.126. The fourth-order valence-corrected chi connectivity index (χ4v) is 3.68. The average Bonchev–Trinajstić information content (AvgIpc) is 2.69. The molecule has 0 aliphatic carbocycles. The van der Waals surface area contributed by atoms with Crippen LogP contribution in [-0.4, -0.2) is 32.0 Å². The van der Waals surface area contributed by atoms with Crippen molar-refractivity contribution >= 4 is 38.9 Å². The average molecular weight is 416 g/mol. The van der Waals surface area contributed by atoms with E-state index in [4.69, 9.17) is 0 Å². The summed E-state index contributed by atoms with van der Waals surface area (Å²) < 4.78 is 26.3. The summed E-state index contributed by atoms with van der Waals surface area (Å²) in [5, 5.41) is 2.26. The third kappa shape index (κ3) is 5.14. The van der Waals surface area contributed by atoms with Crippen LogP contribution in [0.4, 0.5) is 17.1 Å². The second kappa shape index (κ2) is 8.65. The van der Waals surface area contributed by atoms with E-state index in [0.29, 0.717) is 23.4 Å². The molecule has 2 N–H and O–H groups in total. The molecule has 0 aromatic heterocycles. The van der Waals surface area contributed by atoms with Gasteiger partial charge in [-0.2, -0.15) is 0 Å². The van der Waals surface area contributed by atoms with E-state index in [1.54, 1.807) is 55.1 Å². The zero-order valence-corrected chi connectivity index (χ0v) is 17.3. The molecule has 0 atom stereocenters. The maximum absolute atomic E-state index is 12.4. The molecule has 8 heteroatoms. The van der Waals surface area contributed by atoms with Gasteiger partial charge in [-0.3, -0.25) is 14.3 Å². The van der Waals surface area contributed by atoms with Crippen LogP contribution in [0.5, 0.6) is 0 Å². The van der Waals surface area contributed by atoms with E-state index < -0.39 is 15.3 Å². The number of benzene rings is 2. The molecule has 0 spiro atoms. The van der Waals surface area contributed by atoms with Crippen molar-refractivity contribution in [2.45, 2.75) is 38.4 Å². The van der Waals surface area contributed by atoms with Gasteiger partial charge in [0.2, 0.25) is 15.9 Å². The van der Waals surface area contributed by atoms with Crippen molar-refractivity contribution in [1.29, 1.82) is 0 Å². The van der Waals surface area contributed by atoms with Crippen molar-refractivity contribution < 1.29 is 18.0 Å². The summed E-state index contributed by atoms with van der Waals surface area (Å²) in [6.07, 6.45) is 2.50. The highest BCUT2D eigenvalue weighted by molar-refractivity contribution is 7.93. The van der Waals surface area contributed by atoms with Gasteiger partial charge in [-0.05, 0) is 75.2 Å². The van der Waals surface area contributed by atoms with Crippen molar-refractivity contribution in [3.05, 3.63) is 54.1 Å². The van der Waals surface area contributed by atoms with Gasteiger partial charge in [0, 0.05) is 35.6 Å². The van der Waals surface area contributed by atoms with Gasteiger partial charge in [0.15, 0.2) is 0 Å². The van der Waals surface area contributed by atoms with Gasteiger partial charge in [0.25, 0.3) is 5.91 Å². The fourth-order valence-electron chi connectivity index (χ4n) is 2.98. The predicted octanol–water partition coefficient (Wildman–Crippen LogP) is 3.61. The summed E-state index contributed by atoms with van der Waals surface area (Å²) >= 11 is 0. The van der Waals surface area contributed by atoms with E-state index in [1.165, 1.54) is 0 Å². The Balaban J connectivity index is 1.63. The number of hydrogen-bond donors (Lipinski definition) is 2. The van der Waals surface area contributed by atoms with Gasteiger partial charge >= 0.3 is 0 Å². The number of carbonyl (C=O) groups excluding carboxylic acids is 2. The molecule has 1 aliphatic rings. The summed E-state index contributed by atoms with van der Waals surface area (Å²) in [5.74, 6) is -0.175. The van der Waals surface area contributed by atoms with Crippen molar-refractivity contribution in [3.63, 3.8) is 0 Å². The highest BCUT2D eigenvalue weighted by Crippen LogP contribution is 2.23. The number of nitrogens with one attached hydrogen (secondary N) is 2. The van der Waals surface area contributed by atoms with Crippen LogP contribution < -0.4 is 14.9 Å². The van der Waals surface area contributed by atoms with Crippen molar-refractivity contribution in [2.24, 2.45) is 0 Å². The summed E-state index contributed by atoms with van der Waals surface area (Å²) in [5.41, 5.74) is 2.26. The van der Waals surface area contributed by atoms with Crippen LogP contribution in [0.1, 0.15) is 43.5 Å². The first-order valence-corrected chi connectivity index (χ1v) is 11.1. The Labute approximate surface area is 171 Å². The topological polar surface area (TPSA) is 95.6 Å². The SMILES string of the molecule is CC(C)S(=O)(=O)Nc1ccc(C(=O)Nc2ccc(N3CCCCC3=O)cc2)cc1. The van der Waals surface area contributed by atoms with Gasteiger partial charge < -0.3 is 10.2 Å². The molecule has 1 heterocycles. The summed E-state index contributed by atoms with van der Waals surface area (Å²) in [6, 6.07) is 13.4. The molecule has 0 radical (unpaired) electrons. The zero-order valence-electron chi connectivity index (χ0n) is 16.5. The number of anilines is 3. The molecule has 1 aliphatic heterocycles. The molecule has 29 heavy (non-hydrogen) atoms. The molecule has 2 aromatic carbocycles. The lowest BCUT2D eigenvalue weighted by molar-refractivity contribution is -0.119. The minimum atomic E-state index is -3.43. The Morgan fingerprint density at radius 1 is 0.966 bits per heavy atom. The lowest BCUT2D eigenvalue weighted by Crippen LogP contribution is -2.35. The fraction of sp³-hybridized carbons (Fsp3) is 0.333. The molecular weight excluding hydrogens is 390 g/mol. The Morgan fingerprint density at radius 3 is 2.17 bits per heavy atom. The van der Waals surface area contributed by atoms with Crippen LogP contribution in [0, 0.1) is 0 Å². The molecule has 2 aromatic rings. The van der Waals surface area contributed by atoms with Crippen molar-refractivity contribution in [2.75, 3.05) is 21.5 Å². The van der Waals surface area contributed by atoms with Gasteiger partial charge in [0.1, 0.15) is 0 Å². The van der Waals surface area contributed by atoms with Gasteiger partial charge in [-0.1, -0.05) is 0 Å². The first-order chi connectivity index (χ1) is 13.8. The maximum atomic E-state index is 12.4.